The van der Waals surface area contributed by atoms with Crippen LogP contribution in [-0.4, -0.2) is 34.2 Å². The van der Waals surface area contributed by atoms with Crippen LogP contribution < -0.4 is 5.06 Å². The first-order valence-electron chi connectivity index (χ1n) is 5.23. The standard InChI is InChI=1S/C10H13N3O3/c14-10(15)8-6-9(12-7-11-8)13-4-2-1-3-5-16-13/h6-7H,1-5H2,(H,14,15). The third kappa shape index (κ3) is 2.46. The monoisotopic (exact) mass is 223 g/mol. The molecule has 1 aliphatic heterocycles. The molecular weight excluding hydrogens is 210 g/mol. The van der Waals surface area contributed by atoms with E-state index in [1.165, 1.54) is 12.4 Å². The largest absolute Gasteiger partial charge is 0.477 e. The van der Waals surface area contributed by atoms with E-state index in [0.717, 1.165) is 25.8 Å². The Hall–Kier alpha value is -1.69. The fourth-order valence-electron chi connectivity index (χ4n) is 1.55. The zero-order chi connectivity index (χ0) is 11.4. The van der Waals surface area contributed by atoms with Gasteiger partial charge in [0, 0.05) is 12.6 Å². The maximum absolute atomic E-state index is 10.8. The molecule has 0 spiro atoms. The number of anilines is 1. The van der Waals surface area contributed by atoms with Gasteiger partial charge in [0.2, 0.25) is 0 Å². The van der Waals surface area contributed by atoms with Gasteiger partial charge < -0.3 is 5.11 Å². The molecule has 0 aliphatic carbocycles. The van der Waals surface area contributed by atoms with Gasteiger partial charge in [0.05, 0.1) is 6.61 Å². The van der Waals surface area contributed by atoms with Crippen LogP contribution in [0.15, 0.2) is 12.4 Å². The zero-order valence-corrected chi connectivity index (χ0v) is 8.80. The van der Waals surface area contributed by atoms with E-state index >= 15 is 0 Å². The Bertz CT molecular complexity index is 375. The molecule has 1 N–H and O–H groups in total. The molecule has 2 rings (SSSR count). The van der Waals surface area contributed by atoms with Gasteiger partial charge in [-0.1, -0.05) is 0 Å². The maximum atomic E-state index is 10.8. The fraction of sp³-hybridized carbons (Fsp3) is 0.500. The predicted octanol–water partition coefficient (Wildman–Crippen LogP) is 1.10. The van der Waals surface area contributed by atoms with Crippen LogP contribution in [-0.2, 0) is 4.84 Å². The summed E-state index contributed by atoms with van der Waals surface area (Å²) in [5, 5.41) is 10.5. The van der Waals surface area contributed by atoms with Gasteiger partial charge in [-0.25, -0.2) is 19.8 Å². The third-order valence-corrected chi connectivity index (χ3v) is 2.38. The van der Waals surface area contributed by atoms with Gasteiger partial charge in [-0.3, -0.25) is 4.84 Å². The molecule has 1 fully saturated rings. The first-order valence-corrected chi connectivity index (χ1v) is 5.23. The van der Waals surface area contributed by atoms with Crippen molar-refractivity contribution in [3.63, 3.8) is 0 Å². The summed E-state index contributed by atoms with van der Waals surface area (Å²) in [6.07, 6.45) is 4.40. The lowest BCUT2D eigenvalue weighted by Crippen LogP contribution is -2.24. The molecule has 0 atom stereocenters. The van der Waals surface area contributed by atoms with Crippen LogP contribution in [0.3, 0.4) is 0 Å². The summed E-state index contributed by atoms with van der Waals surface area (Å²) < 4.78 is 0. The van der Waals surface area contributed by atoms with Gasteiger partial charge >= 0.3 is 5.97 Å². The molecule has 0 bridgehead atoms. The minimum Gasteiger partial charge on any atom is -0.477 e. The normalized spacial score (nSPS) is 16.9. The van der Waals surface area contributed by atoms with Crippen molar-refractivity contribution >= 4 is 11.8 Å². The van der Waals surface area contributed by atoms with Crippen LogP contribution >= 0.6 is 0 Å². The second-order valence-corrected chi connectivity index (χ2v) is 3.56. The molecule has 0 saturated carbocycles. The van der Waals surface area contributed by atoms with E-state index in [2.05, 4.69) is 9.97 Å². The molecule has 0 amide bonds. The number of nitrogens with zero attached hydrogens (tertiary/aromatic N) is 3. The van der Waals surface area contributed by atoms with Crippen LogP contribution in [0.2, 0.25) is 0 Å². The minimum absolute atomic E-state index is 0.0159. The smallest absolute Gasteiger partial charge is 0.354 e. The van der Waals surface area contributed by atoms with Crippen molar-refractivity contribution < 1.29 is 14.7 Å². The fourth-order valence-corrected chi connectivity index (χ4v) is 1.55. The maximum Gasteiger partial charge on any atom is 0.354 e. The molecule has 6 nitrogen and oxygen atoms in total. The second kappa shape index (κ2) is 4.89. The molecule has 1 saturated heterocycles. The van der Waals surface area contributed by atoms with Crippen LogP contribution in [0.4, 0.5) is 5.82 Å². The number of aromatic nitrogens is 2. The lowest BCUT2D eigenvalue weighted by atomic mass is 10.2. The lowest BCUT2D eigenvalue weighted by Gasteiger charge is -2.19. The highest BCUT2D eigenvalue weighted by molar-refractivity contribution is 5.86. The number of carboxylic acids is 1. The van der Waals surface area contributed by atoms with Crippen LogP contribution in [0, 0.1) is 0 Å². The number of aromatic carboxylic acids is 1. The van der Waals surface area contributed by atoms with E-state index in [4.69, 9.17) is 9.94 Å². The van der Waals surface area contributed by atoms with Crippen LogP contribution in [0.1, 0.15) is 29.8 Å². The third-order valence-electron chi connectivity index (χ3n) is 2.38. The Morgan fingerprint density at radius 2 is 2.25 bits per heavy atom. The number of hydroxylamine groups is 1. The second-order valence-electron chi connectivity index (χ2n) is 3.56. The van der Waals surface area contributed by atoms with E-state index in [9.17, 15) is 4.79 Å². The van der Waals surface area contributed by atoms with Crippen LogP contribution in [0.25, 0.3) is 0 Å². The number of hydrogen-bond donors (Lipinski definition) is 1. The highest BCUT2D eigenvalue weighted by Gasteiger charge is 2.14. The SMILES string of the molecule is O=C(O)c1cc(N2CCCCCO2)ncn1. The topological polar surface area (TPSA) is 75.5 Å². The number of rotatable bonds is 2. The average Bonchev–Trinajstić information content (AvgIpc) is 2.57. The summed E-state index contributed by atoms with van der Waals surface area (Å²) in [7, 11) is 0. The van der Waals surface area contributed by atoms with Crippen molar-refractivity contribution in [3.8, 4) is 0 Å². The van der Waals surface area contributed by atoms with Crippen molar-refractivity contribution in [2.45, 2.75) is 19.3 Å². The highest BCUT2D eigenvalue weighted by atomic mass is 16.7. The van der Waals surface area contributed by atoms with Crippen molar-refractivity contribution in [3.05, 3.63) is 18.1 Å². The molecule has 1 aromatic heterocycles. The van der Waals surface area contributed by atoms with Crippen molar-refractivity contribution in [1.29, 1.82) is 0 Å². The van der Waals surface area contributed by atoms with Gasteiger partial charge in [-0.05, 0) is 19.3 Å². The molecule has 1 aliphatic rings. The van der Waals surface area contributed by atoms with E-state index in [0.29, 0.717) is 12.4 Å². The predicted molar refractivity (Wildman–Crippen MR) is 56.1 cm³/mol. The Kier molecular flexibility index (Phi) is 3.31. The zero-order valence-electron chi connectivity index (χ0n) is 8.80. The molecular formula is C10H13N3O3. The summed E-state index contributed by atoms with van der Waals surface area (Å²) in [5.41, 5.74) is -0.0159. The molecule has 0 unspecified atom stereocenters. The summed E-state index contributed by atoms with van der Waals surface area (Å²) in [6.45, 7) is 1.38. The number of carbonyl (C=O) groups is 1. The minimum atomic E-state index is -1.06. The molecule has 0 aromatic carbocycles. The van der Waals surface area contributed by atoms with Gasteiger partial charge in [0.25, 0.3) is 0 Å². The number of hydrogen-bond acceptors (Lipinski definition) is 5. The summed E-state index contributed by atoms with van der Waals surface area (Å²) >= 11 is 0. The Morgan fingerprint density at radius 1 is 1.38 bits per heavy atom. The lowest BCUT2D eigenvalue weighted by molar-refractivity contribution is 0.0690. The average molecular weight is 223 g/mol. The summed E-state index contributed by atoms with van der Waals surface area (Å²) in [5.74, 6) is -0.548. The molecule has 86 valence electrons. The van der Waals surface area contributed by atoms with Crippen molar-refractivity contribution in [1.82, 2.24) is 9.97 Å². The molecule has 6 heteroatoms. The van der Waals surface area contributed by atoms with Gasteiger partial charge in [-0.2, -0.15) is 0 Å². The Labute approximate surface area is 92.8 Å². The van der Waals surface area contributed by atoms with Gasteiger partial charge in [0.15, 0.2) is 11.5 Å². The van der Waals surface area contributed by atoms with E-state index in [-0.39, 0.29) is 5.69 Å². The first-order chi connectivity index (χ1) is 7.77. The number of carboxylic acid groups (broad SMARTS) is 1. The van der Waals surface area contributed by atoms with Crippen molar-refractivity contribution in [2.75, 3.05) is 18.2 Å². The first kappa shape index (κ1) is 10.8. The molecule has 2 heterocycles. The van der Waals surface area contributed by atoms with Crippen LogP contribution in [0.5, 0.6) is 0 Å². The molecule has 0 radical (unpaired) electrons. The molecule has 16 heavy (non-hydrogen) atoms. The van der Waals surface area contributed by atoms with E-state index in [1.807, 2.05) is 0 Å². The summed E-state index contributed by atoms with van der Waals surface area (Å²) in [4.78, 5) is 23.9. The van der Waals surface area contributed by atoms with E-state index in [1.54, 1.807) is 5.06 Å². The van der Waals surface area contributed by atoms with E-state index < -0.39 is 5.97 Å². The van der Waals surface area contributed by atoms with Crippen molar-refractivity contribution in [2.24, 2.45) is 0 Å². The quantitative estimate of drug-likeness (QED) is 0.809. The molecule has 1 aromatic rings. The van der Waals surface area contributed by atoms with Gasteiger partial charge in [-0.15, -0.1) is 0 Å². The summed E-state index contributed by atoms with van der Waals surface area (Å²) in [6, 6.07) is 1.42. The van der Waals surface area contributed by atoms with Gasteiger partial charge in [0.1, 0.15) is 6.33 Å². The Balaban J connectivity index is 2.18. The Morgan fingerprint density at radius 3 is 3.06 bits per heavy atom. The highest BCUT2D eigenvalue weighted by Crippen LogP contribution is 2.16.